The number of benzene rings is 9. The van der Waals surface area contributed by atoms with Crippen LogP contribution in [-0.4, -0.2) is 6.10 Å². The minimum Gasteiger partial charge on any atom is -0.484 e. The lowest BCUT2D eigenvalue weighted by Crippen LogP contribution is -2.29. The van der Waals surface area contributed by atoms with E-state index in [0.717, 1.165) is 22.8 Å². The van der Waals surface area contributed by atoms with Crippen LogP contribution in [0.15, 0.2) is 249 Å². The number of hydrogen-bond donors (Lipinski definition) is 0. The molecule has 2 nitrogen and oxygen atoms in total. The summed E-state index contributed by atoms with van der Waals surface area (Å²) >= 11 is 0. The normalized spacial score (nSPS) is 16.2. The van der Waals surface area contributed by atoms with Crippen LogP contribution in [0.3, 0.4) is 0 Å². The van der Waals surface area contributed by atoms with Gasteiger partial charge in [-0.1, -0.05) is 212 Å². The van der Waals surface area contributed by atoms with E-state index < -0.39 is 5.41 Å². The lowest BCUT2D eigenvalue weighted by molar-refractivity contribution is 0.258. The number of hydrogen-bond acceptors (Lipinski definition) is 2. The van der Waals surface area contributed by atoms with Gasteiger partial charge >= 0.3 is 0 Å². The molecule has 0 bridgehead atoms. The topological polar surface area (TPSA) is 12.5 Å². The minimum absolute atomic E-state index is 0.0397. The van der Waals surface area contributed by atoms with Crippen LogP contribution in [0.1, 0.15) is 39.3 Å². The van der Waals surface area contributed by atoms with Gasteiger partial charge in [-0.3, -0.25) is 0 Å². The SMILES string of the molecule is C1=CC(c2ccc3c(c2)C(c2ccccc2)(c2ccccc2)c2cccc(N(c4ccc(-c5ccccc5)cc4)c4ccc(-c5ccccc5)cc4)c2-3)C2Oc3ccccc3C2=C1. The van der Waals surface area contributed by atoms with Gasteiger partial charge in [0, 0.05) is 34.0 Å². The van der Waals surface area contributed by atoms with Crippen molar-refractivity contribution in [2.45, 2.75) is 17.4 Å². The third-order valence-corrected chi connectivity index (χ3v) is 13.3. The maximum atomic E-state index is 6.78. The summed E-state index contributed by atoms with van der Waals surface area (Å²) < 4.78 is 6.78. The first-order valence-electron chi connectivity index (χ1n) is 21.9. The zero-order chi connectivity index (χ0) is 41.7. The number of fused-ring (bicyclic) bond motifs is 6. The van der Waals surface area contributed by atoms with Crippen LogP contribution in [0.4, 0.5) is 17.1 Å². The average Bonchev–Trinajstić information content (AvgIpc) is 3.90. The van der Waals surface area contributed by atoms with Crippen molar-refractivity contribution >= 4 is 22.6 Å². The highest BCUT2D eigenvalue weighted by Gasteiger charge is 2.48. The van der Waals surface area contributed by atoms with Crippen molar-refractivity contribution in [3.8, 4) is 39.1 Å². The van der Waals surface area contributed by atoms with Crippen LogP contribution in [0, 0.1) is 0 Å². The van der Waals surface area contributed by atoms with Crippen molar-refractivity contribution in [2.75, 3.05) is 4.90 Å². The summed E-state index contributed by atoms with van der Waals surface area (Å²) in [7, 11) is 0. The number of rotatable bonds is 8. The van der Waals surface area contributed by atoms with Gasteiger partial charge in [0.05, 0.1) is 11.1 Å². The molecule has 12 rings (SSSR count). The number of nitrogens with zero attached hydrogens (tertiary/aromatic N) is 1. The van der Waals surface area contributed by atoms with Gasteiger partial charge < -0.3 is 9.64 Å². The fourth-order valence-electron chi connectivity index (χ4n) is 10.5. The van der Waals surface area contributed by atoms with E-state index in [2.05, 4.69) is 254 Å². The van der Waals surface area contributed by atoms with E-state index in [-0.39, 0.29) is 12.0 Å². The summed E-state index contributed by atoms with van der Waals surface area (Å²) in [5, 5.41) is 0. The Morgan fingerprint density at radius 2 is 0.968 bits per heavy atom. The Kier molecular flexibility index (Phi) is 8.90. The molecule has 0 N–H and O–H groups in total. The minimum atomic E-state index is -0.601. The molecule has 9 aromatic carbocycles. The second-order valence-electron chi connectivity index (χ2n) is 16.7. The fraction of sp³-hybridized carbons (Fsp3) is 0.0492. The molecule has 0 saturated carbocycles. The van der Waals surface area contributed by atoms with Gasteiger partial charge in [-0.05, 0) is 92.0 Å². The summed E-state index contributed by atoms with van der Waals surface area (Å²) in [5.41, 5.74) is 18.6. The molecule has 0 saturated heterocycles. The van der Waals surface area contributed by atoms with Gasteiger partial charge in [0.25, 0.3) is 0 Å². The van der Waals surface area contributed by atoms with Crippen LogP contribution in [0.2, 0.25) is 0 Å². The molecule has 2 unspecified atom stereocenters. The number of anilines is 3. The molecule has 63 heavy (non-hydrogen) atoms. The highest BCUT2D eigenvalue weighted by Crippen LogP contribution is 2.60. The number of ether oxygens (including phenoxy) is 1. The van der Waals surface area contributed by atoms with E-state index >= 15 is 0 Å². The lowest BCUT2D eigenvalue weighted by Gasteiger charge is -2.35. The maximum Gasteiger partial charge on any atom is 0.135 e. The van der Waals surface area contributed by atoms with E-state index in [1.807, 2.05) is 0 Å². The molecule has 1 aliphatic heterocycles. The van der Waals surface area contributed by atoms with Crippen molar-refractivity contribution in [2.24, 2.45) is 0 Å². The first-order chi connectivity index (χ1) is 31.3. The highest BCUT2D eigenvalue weighted by atomic mass is 16.5. The van der Waals surface area contributed by atoms with Gasteiger partial charge in [-0.15, -0.1) is 0 Å². The van der Waals surface area contributed by atoms with Crippen LogP contribution in [0.25, 0.3) is 39.0 Å². The Balaban J connectivity index is 1.09. The van der Waals surface area contributed by atoms with Gasteiger partial charge in [0.15, 0.2) is 0 Å². The molecule has 1 heterocycles. The first-order valence-corrected chi connectivity index (χ1v) is 21.9. The van der Waals surface area contributed by atoms with E-state index in [1.165, 1.54) is 72.3 Å². The average molecular weight is 806 g/mol. The molecule has 2 heteroatoms. The molecule has 2 aliphatic carbocycles. The predicted molar refractivity (Wildman–Crippen MR) is 260 cm³/mol. The molecule has 0 spiro atoms. The summed E-state index contributed by atoms with van der Waals surface area (Å²) in [4.78, 5) is 2.46. The molecule has 298 valence electrons. The predicted octanol–water partition coefficient (Wildman–Crippen LogP) is 15.4. The van der Waals surface area contributed by atoms with Crippen LogP contribution >= 0.6 is 0 Å². The molecule has 0 aromatic heterocycles. The van der Waals surface area contributed by atoms with Gasteiger partial charge in [-0.2, -0.15) is 0 Å². The van der Waals surface area contributed by atoms with Crippen molar-refractivity contribution in [1.82, 2.24) is 0 Å². The second kappa shape index (κ2) is 15.2. The van der Waals surface area contributed by atoms with Crippen molar-refractivity contribution in [3.63, 3.8) is 0 Å². The molecular formula is C61H43NO. The fourth-order valence-corrected chi connectivity index (χ4v) is 10.5. The van der Waals surface area contributed by atoms with Gasteiger partial charge in [-0.25, -0.2) is 0 Å². The monoisotopic (exact) mass is 805 g/mol. The Bertz CT molecular complexity index is 3050. The largest absolute Gasteiger partial charge is 0.484 e. The van der Waals surface area contributed by atoms with Crippen molar-refractivity contribution in [1.29, 1.82) is 0 Å². The van der Waals surface area contributed by atoms with Crippen molar-refractivity contribution in [3.05, 3.63) is 282 Å². The van der Waals surface area contributed by atoms with E-state index in [0.29, 0.717) is 0 Å². The Morgan fingerprint density at radius 3 is 1.57 bits per heavy atom. The second-order valence-corrected chi connectivity index (χ2v) is 16.7. The maximum absolute atomic E-state index is 6.78. The summed E-state index contributed by atoms with van der Waals surface area (Å²) in [6.07, 6.45) is 6.67. The van der Waals surface area contributed by atoms with Crippen LogP contribution in [0.5, 0.6) is 5.75 Å². The number of para-hydroxylation sites is 1. The third-order valence-electron chi connectivity index (χ3n) is 13.3. The number of allylic oxidation sites excluding steroid dienone is 2. The first kappa shape index (κ1) is 36.9. The van der Waals surface area contributed by atoms with Crippen LogP contribution < -0.4 is 9.64 Å². The molecule has 0 amide bonds. The molecule has 0 fully saturated rings. The van der Waals surface area contributed by atoms with E-state index in [9.17, 15) is 0 Å². The summed E-state index contributed by atoms with van der Waals surface area (Å²) in [6.45, 7) is 0. The Hall–Kier alpha value is -7.94. The zero-order valence-electron chi connectivity index (χ0n) is 34.7. The standard InChI is InChI=1S/C61H43NO/c1-5-17-42(18-6-1)44-31-36-49(37-32-44)62(50-38-33-45(34-39-50)43-19-7-2-8-20-43)57-29-16-28-55-59(57)54-40-35-46(51-26-15-27-53-52-25-13-14-30-58(52)63-60(51)53)41-56(54)61(55,47-21-9-3-10-22-47)48-23-11-4-12-24-48/h1-41,51,60H. The van der Waals surface area contributed by atoms with E-state index in [1.54, 1.807) is 0 Å². The van der Waals surface area contributed by atoms with Crippen LogP contribution in [-0.2, 0) is 5.41 Å². The molecule has 0 radical (unpaired) electrons. The van der Waals surface area contributed by atoms with Gasteiger partial charge in [0.1, 0.15) is 11.9 Å². The molecule has 9 aromatic rings. The van der Waals surface area contributed by atoms with Crippen molar-refractivity contribution < 1.29 is 4.74 Å². The third kappa shape index (κ3) is 6.02. The Morgan fingerprint density at radius 1 is 0.429 bits per heavy atom. The smallest absolute Gasteiger partial charge is 0.135 e. The van der Waals surface area contributed by atoms with Gasteiger partial charge in [0.2, 0.25) is 0 Å². The quantitative estimate of drug-likeness (QED) is 0.152. The highest BCUT2D eigenvalue weighted by molar-refractivity contribution is 5.98. The zero-order valence-corrected chi connectivity index (χ0v) is 34.7. The molecular weight excluding hydrogens is 763 g/mol. The lowest BCUT2D eigenvalue weighted by atomic mass is 9.67. The molecule has 3 aliphatic rings. The summed E-state index contributed by atoms with van der Waals surface area (Å²) in [6, 6.07) is 84.2. The Labute approximate surface area is 369 Å². The van der Waals surface area contributed by atoms with E-state index in [4.69, 9.17) is 4.74 Å². The summed E-state index contributed by atoms with van der Waals surface area (Å²) in [5.74, 6) is 0.996. The molecule has 2 atom stereocenters.